The molecule has 138 valence electrons. The lowest BCUT2D eigenvalue weighted by Crippen LogP contribution is -2.15. The zero-order valence-corrected chi connectivity index (χ0v) is 15.3. The average Bonchev–Trinajstić information content (AvgIpc) is 2.62. The number of aryl methyl sites for hydroxylation is 2. The summed E-state index contributed by atoms with van der Waals surface area (Å²) < 4.78 is 15.7. The fourth-order valence-electron chi connectivity index (χ4n) is 2.61. The van der Waals surface area contributed by atoms with Crippen molar-refractivity contribution in [2.24, 2.45) is 0 Å². The number of carboxylic acids is 1. The van der Waals surface area contributed by atoms with E-state index in [9.17, 15) is 14.7 Å². The number of methoxy groups -OCH3 is 3. The van der Waals surface area contributed by atoms with Crippen LogP contribution in [0.15, 0.2) is 24.3 Å². The van der Waals surface area contributed by atoms with Gasteiger partial charge >= 0.3 is 5.97 Å². The summed E-state index contributed by atoms with van der Waals surface area (Å²) in [4.78, 5) is 24.1. The highest BCUT2D eigenvalue weighted by Gasteiger charge is 2.19. The largest absolute Gasteiger partial charge is 0.496 e. The Hall–Kier alpha value is -3.22. The molecule has 0 fully saturated rings. The zero-order valence-electron chi connectivity index (χ0n) is 15.3. The summed E-state index contributed by atoms with van der Waals surface area (Å²) in [5, 5.41) is 12.0. The van der Waals surface area contributed by atoms with Crippen LogP contribution in [0.4, 0.5) is 5.69 Å². The quantitative estimate of drug-likeness (QED) is 0.822. The fourth-order valence-corrected chi connectivity index (χ4v) is 2.61. The van der Waals surface area contributed by atoms with E-state index < -0.39 is 11.9 Å². The molecule has 7 heteroatoms. The maximum absolute atomic E-state index is 12.7. The highest BCUT2D eigenvalue weighted by Crippen LogP contribution is 2.35. The number of amides is 1. The number of anilines is 1. The molecule has 2 N–H and O–H groups in total. The van der Waals surface area contributed by atoms with Gasteiger partial charge in [0.1, 0.15) is 5.75 Å². The van der Waals surface area contributed by atoms with Gasteiger partial charge in [0.2, 0.25) is 0 Å². The standard InChI is InChI=1S/C19H21NO6/c1-10-6-11(2)14(7-12(10)19(22)23)20-18(21)13-8-16(25-4)17(26-5)9-15(13)24-3/h6-9H,1-5H3,(H,20,21)(H,22,23). The molecule has 0 aromatic heterocycles. The molecule has 0 unspecified atom stereocenters. The van der Waals surface area contributed by atoms with Crippen LogP contribution in [0.25, 0.3) is 0 Å². The zero-order chi connectivity index (χ0) is 19.4. The molecule has 1 amide bonds. The molecule has 2 rings (SSSR count). The maximum atomic E-state index is 12.7. The van der Waals surface area contributed by atoms with Gasteiger partial charge in [-0.2, -0.15) is 0 Å². The smallest absolute Gasteiger partial charge is 0.336 e. The molecule has 0 bridgehead atoms. The van der Waals surface area contributed by atoms with Crippen molar-refractivity contribution in [2.45, 2.75) is 13.8 Å². The van der Waals surface area contributed by atoms with E-state index in [1.54, 1.807) is 26.0 Å². The van der Waals surface area contributed by atoms with Crippen molar-refractivity contribution in [3.63, 3.8) is 0 Å². The monoisotopic (exact) mass is 359 g/mol. The molecule has 0 atom stereocenters. The van der Waals surface area contributed by atoms with E-state index in [2.05, 4.69) is 5.32 Å². The van der Waals surface area contributed by atoms with E-state index in [-0.39, 0.29) is 11.1 Å². The van der Waals surface area contributed by atoms with Gasteiger partial charge < -0.3 is 24.6 Å². The number of carboxylic acid groups (broad SMARTS) is 1. The summed E-state index contributed by atoms with van der Waals surface area (Å²) in [5.74, 6) is -0.387. The van der Waals surface area contributed by atoms with Crippen molar-refractivity contribution in [3.05, 3.63) is 46.5 Å². The van der Waals surface area contributed by atoms with Gasteiger partial charge in [-0.05, 0) is 31.0 Å². The van der Waals surface area contributed by atoms with Crippen LogP contribution in [0.3, 0.4) is 0 Å². The first kappa shape index (κ1) is 19.1. The number of carbonyl (C=O) groups is 2. The van der Waals surface area contributed by atoms with E-state index in [4.69, 9.17) is 14.2 Å². The third-order valence-corrected chi connectivity index (χ3v) is 4.00. The first-order valence-corrected chi connectivity index (χ1v) is 7.78. The molecular weight excluding hydrogens is 338 g/mol. The second-order valence-corrected chi connectivity index (χ2v) is 5.65. The molecule has 26 heavy (non-hydrogen) atoms. The van der Waals surface area contributed by atoms with Gasteiger partial charge in [-0.25, -0.2) is 4.79 Å². The van der Waals surface area contributed by atoms with Crippen LogP contribution < -0.4 is 19.5 Å². The van der Waals surface area contributed by atoms with Gasteiger partial charge in [0.25, 0.3) is 5.91 Å². The Morgan fingerprint density at radius 2 is 1.38 bits per heavy atom. The predicted molar refractivity (Wildman–Crippen MR) is 96.9 cm³/mol. The number of carbonyl (C=O) groups excluding carboxylic acids is 1. The van der Waals surface area contributed by atoms with Gasteiger partial charge in [0.05, 0.1) is 32.5 Å². The molecule has 0 saturated heterocycles. The summed E-state index contributed by atoms with van der Waals surface area (Å²) in [7, 11) is 4.40. The van der Waals surface area contributed by atoms with Gasteiger partial charge in [-0.3, -0.25) is 4.79 Å². The number of hydrogen-bond donors (Lipinski definition) is 2. The summed E-state index contributed by atoms with van der Waals surface area (Å²) in [6.45, 7) is 3.50. The van der Waals surface area contributed by atoms with Crippen molar-refractivity contribution in [1.82, 2.24) is 0 Å². The molecule has 0 aliphatic rings. The Labute approximate surface area is 151 Å². The topological polar surface area (TPSA) is 94.1 Å². The van der Waals surface area contributed by atoms with Crippen molar-refractivity contribution in [1.29, 1.82) is 0 Å². The van der Waals surface area contributed by atoms with E-state index in [1.165, 1.54) is 33.5 Å². The van der Waals surface area contributed by atoms with Crippen molar-refractivity contribution in [2.75, 3.05) is 26.6 Å². The van der Waals surface area contributed by atoms with Crippen LogP contribution in [-0.2, 0) is 0 Å². The molecule has 7 nitrogen and oxygen atoms in total. The molecule has 2 aromatic rings. The molecule has 0 aliphatic heterocycles. The van der Waals surface area contributed by atoms with Crippen molar-refractivity contribution >= 4 is 17.6 Å². The predicted octanol–water partition coefficient (Wildman–Crippen LogP) is 3.28. The molecule has 0 saturated carbocycles. The van der Waals surface area contributed by atoms with Crippen molar-refractivity contribution < 1.29 is 28.9 Å². The van der Waals surface area contributed by atoms with Crippen LogP contribution in [0.2, 0.25) is 0 Å². The molecule has 0 radical (unpaired) electrons. The number of ether oxygens (including phenoxy) is 3. The van der Waals surface area contributed by atoms with Gasteiger partial charge in [-0.1, -0.05) is 6.07 Å². The Balaban J connectivity index is 2.45. The van der Waals surface area contributed by atoms with Crippen molar-refractivity contribution in [3.8, 4) is 17.2 Å². The minimum absolute atomic E-state index is 0.130. The maximum Gasteiger partial charge on any atom is 0.336 e. The minimum Gasteiger partial charge on any atom is -0.496 e. The number of benzene rings is 2. The molecule has 0 heterocycles. The summed E-state index contributed by atoms with van der Waals surface area (Å²) >= 11 is 0. The highest BCUT2D eigenvalue weighted by atomic mass is 16.5. The number of nitrogens with one attached hydrogen (secondary N) is 1. The SMILES string of the molecule is COc1cc(OC)c(C(=O)Nc2cc(C(=O)O)c(C)cc2C)cc1OC. The Morgan fingerprint density at radius 1 is 0.808 bits per heavy atom. The van der Waals surface area contributed by atoms with Crippen LogP contribution >= 0.6 is 0 Å². The Kier molecular flexibility index (Phi) is 5.71. The summed E-state index contributed by atoms with van der Waals surface area (Å²) in [6, 6.07) is 6.22. The van der Waals surface area contributed by atoms with Crippen LogP contribution in [0.5, 0.6) is 17.2 Å². The second-order valence-electron chi connectivity index (χ2n) is 5.65. The first-order valence-electron chi connectivity index (χ1n) is 7.78. The molecule has 2 aromatic carbocycles. The molecule has 0 aliphatic carbocycles. The number of rotatable bonds is 6. The Morgan fingerprint density at radius 3 is 1.92 bits per heavy atom. The van der Waals surface area contributed by atoms with Crippen LogP contribution in [-0.4, -0.2) is 38.3 Å². The van der Waals surface area contributed by atoms with E-state index >= 15 is 0 Å². The Bertz CT molecular complexity index is 860. The minimum atomic E-state index is -1.05. The van der Waals surface area contributed by atoms with Crippen LogP contribution in [0.1, 0.15) is 31.8 Å². The van der Waals surface area contributed by atoms with E-state index in [0.717, 1.165) is 5.56 Å². The molecule has 0 spiro atoms. The third-order valence-electron chi connectivity index (χ3n) is 4.00. The first-order chi connectivity index (χ1) is 12.3. The number of hydrogen-bond acceptors (Lipinski definition) is 5. The lowest BCUT2D eigenvalue weighted by Gasteiger charge is -2.15. The lowest BCUT2D eigenvalue weighted by atomic mass is 10.0. The summed E-state index contributed by atoms with van der Waals surface area (Å²) in [5.41, 5.74) is 2.15. The second kappa shape index (κ2) is 7.77. The van der Waals surface area contributed by atoms with Crippen LogP contribution in [0, 0.1) is 13.8 Å². The molecular formula is C19H21NO6. The summed E-state index contributed by atoms with van der Waals surface area (Å²) in [6.07, 6.45) is 0. The average molecular weight is 359 g/mol. The van der Waals surface area contributed by atoms with Gasteiger partial charge in [0, 0.05) is 17.8 Å². The third kappa shape index (κ3) is 3.72. The fraction of sp³-hybridized carbons (Fsp3) is 0.263. The van der Waals surface area contributed by atoms with E-state index in [1.807, 2.05) is 0 Å². The normalized spacial score (nSPS) is 10.2. The van der Waals surface area contributed by atoms with E-state index in [0.29, 0.717) is 28.5 Å². The number of aromatic carboxylic acids is 1. The lowest BCUT2D eigenvalue weighted by molar-refractivity contribution is 0.0695. The van der Waals surface area contributed by atoms with Gasteiger partial charge in [0.15, 0.2) is 11.5 Å². The van der Waals surface area contributed by atoms with Gasteiger partial charge in [-0.15, -0.1) is 0 Å². The highest BCUT2D eigenvalue weighted by molar-refractivity contribution is 6.07.